The summed E-state index contributed by atoms with van der Waals surface area (Å²) >= 11 is 0. The molecule has 6 atom stereocenters. The van der Waals surface area contributed by atoms with Crippen LogP contribution in [0.4, 0.5) is 5.69 Å². The van der Waals surface area contributed by atoms with Crippen molar-refractivity contribution in [3.8, 4) is 0 Å². The quantitative estimate of drug-likeness (QED) is 0.290. The second kappa shape index (κ2) is 15.2. The number of aryl methyl sites for hydroxylation is 1. The summed E-state index contributed by atoms with van der Waals surface area (Å²) in [5.74, 6) is -2.53. The molecule has 0 radical (unpaired) electrons. The van der Waals surface area contributed by atoms with Crippen LogP contribution in [0, 0.1) is 6.92 Å². The van der Waals surface area contributed by atoms with Crippen molar-refractivity contribution in [2.24, 2.45) is 0 Å². The Bertz CT molecular complexity index is 1400. The van der Waals surface area contributed by atoms with Crippen LogP contribution in [0.3, 0.4) is 0 Å². The van der Waals surface area contributed by atoms with Gasteiger partial charge in [0.1, 0.15) is 12.7 Å². The van der Waals surface area contributed by atoms with E-state index in [1.165, 1.54) is 27.7 Å². The third-order valence-electron chi connectivity index (χ3n) is 7.78. The summed E-state index contributed by atoms with van der Waals surface area (Å²) in [4.78, 5) is 50.6. The zero-order valence-corrected chi connectivity index (χ0v) is 26.3. The lowest BCUT2D eigenvalue weighted by Gasteiger charge is -2.47. The fourth-order valence-corrected chi connectivity index (χ4v) is 6.08. The SMILES string of the molecule is CC(=O)OC[C@H]1O[C@@H](N2CC(Cc3ccc(C=CCCO)cc3)c3c(C)cccc32)[C@H](OC(C)=O)[C@@H](OC(C)=O)[C@@H]1OC(C)=O. The van der Waals surface area contributed by atoms with Crippen molar-refractivity contribution in [3.05, 3.63) is 70.8 Å². The molecule has 0 aromatic heterocycles. The molecule has 45 heavy (non-hydrogen) atoms. The molecule has 4 rings (SSSR count). The Morgan fingerprint density at radius 3 is 2.16 bits per heavy atom. The van der Waals surface area contributed by atoms with Crippen LogP contribution < -0.4 is 4.90 Å². The van der Waals surface area contributed by atoms with Gasteiger partial charge in [0.2, 0.25) is 0 Å². The number of aliphatic hydroxyl groups excluding tert-OH is 1. The van der Waals surface area contributed by atoms with E-state index in [1.807, 2.05) is 54.3 Å². The Morgan fingerprint density at radius 1 is 0.889 bits per heavy atom. The van der Waals surface area contributed by atoms with Crippen molar-refractivity contribution in [1.82, 2.24) is 0 Å². The number of carbonyl (C=O) groups excluding carboxylic acids is 4. The summed E-state index contributed by atoms with van der Waals surface area (Å²) in [6.07, 6.45) is -0.442. The minimum atomic E-state index is -1.24. The maximum absolute atomic E-state index is 12.4. The summed E-state index contributed by atoms with van der Waals surface area (Å²) in [6.45, 7) is 7.22. The van der Waals surface area contributed by atoms with Gasteiger partial charge in [0.25, 0.3) is 0 Å². The molecule has 11 nitrogen and oxygen atoms in total. The summed E-state index contributed by atoms with van der Waals surface area (Å²) in [6, 6.07) is 14.2. The van der Waals surface area contributed by atoms with E-state index in [0.29, 0.717) is 19.4 Å². The van der Waals surface area contributed by atoms with Gasteiger partial charge < -0.3 is 33.7 Å². The van der Waals surface area contributed by atoms with Gasteiger partial charge in [0.05, 0.1) is 0 Å². The molecular weight excluding hydrogens is 582 g/mol. The van der Waals surface area contributed by atoms with Gasteiger partial charge in [0.15, 0.2) is 24.5 Å². The highest BCUT2D eigenvalue weighted by Gasteiger charge is 2.55. The van der Waals surface area contributed by atoms with E-state index in [0.717, 1.165) is 27.9 Å². The first-order valence-electron chi connectivity index (χ1n) is 15.0. The maximum atomic E-state index is 12.4. The Morgan fingerprint density at radius 2 is 1.53 bits per heavy atom. The topological polar surface area (TPSA) is 138 Å². The van der Waals surface area contributed by atoms with Gasteiger partial charge in [0, 0.05) is 52.5 Å². The Kier molecular flexibility index (Phi) is 11.4. The van der Waals surface area contributed by atoms with E-state index < -0.39 is 54.5 Å². The van der Waals surface area contributed by atoms with E-state index in [4.69, 9.17) is 28.8 Å². The lowest BCUT2D eigenvalue weighted by molar-refractivity contribution is -0.252. The molecule has 0 spiro atoms. The van der Waals surface area contributed by atoms with Gasteiger partial charge in [-0.05, 0) is 48.1 Å². The Hall–Kier alpha value is -4.22. The number of hydrogen-bond donors (Lipinski definition) is 1. The summed E-state index contributed by atoms with van der Waals surface area (Å²) in [5.41, 5.74) is 5.21. The fourth-order valence-electron chi connectivity index (χ4n) is 6.08. The normalized spacial score (nSPS) is 24.2. The van der Waals surface area contributed by atoms with Gasteiger partial charge in [-0.25, -0.2) is 0 Å². The number of fused-ring (bicyclic) bond motifs is 1. The molecule has 2 aromatic carbocycles. The number of nitrogens with zero attached hydrogens (tertiary/aromatic N) is 1. The monoisotopic (exact) mass is 623 g/mol. The van der Waals surface area contributed by atoms with Crippen LogP contribution in [-0.2, 0) is 49.3 Å². The third-order valence-corrected chi connectivity index (χ3v) is 7.78. The molecule has 11 heteroatoms. The van der Waals surface area contributed by atoms with Crippen molar-refractivity contribution >= 4 is 35.6 Å². The van der Waals surface area contributed by atoms with Crippen LogP contribution in [0.25, 0.3) is 6.08 Å². The molecule has 2 aliphatic heterocycles. The number of ether oxygens (including phenoxy) is 5. The van der Waals surface area contributed by atoms with Gasteiger partial charge in [-0.2, -0.15) is 0 Å². The standard InChI is InChI=1S/C34H41NO10/c1-20-9-8-11-28-30(20)27(17-26-14-12-25(13-15-26)10-6-7-16-36)18-35(28)34-33(44-24(5)40)32(43-23(4)39)31(42-22(3)38)29(45-34)19-41-21(2)37/h6,8-15,27,29,31-34,36H,7,16-19H2,1-5H3/t27?,29-,31-,32+,33-,34-/m1/s1. The molecule has 2 heterocycles. The Labute approximate surface area is 263 Å². The van der Waals surface area contributed by atoms with E-state index in [1.54, 1.807) is 0 Å². The van der Waals surface area contributed by atoms with Crippen LogP contribution in [0.5, 0.6) is 0 Å². The molecule has 0 saturated carbocycles. The summed E-state index contributed by atoms with van der Waals surface area (Å²) in [5, 5.41) is 9.04. The number of benzene rings is 2. The minimum absolute atomic E-state index is 0.0313. The lowest BCUT2D eigenvalue weighted by atomic mass is 9.90. The smallest absolute Gasteiger partial charge is 0.303 e. The number of carbonyl (C=O) groups is 4. The first-order valence-corrected chi connectivity index (χ1v) is 15.0. The van der Waals surface area contributed by atoms with Gasteiger partial charge in [-0.15, -0.1) is 0 Å². The van der Waals surface area contributed by atoms with Crippen LogP contribution >= 0.6 is 0 Å². The van der Waals surface area contributed by atoms with Crippen molar-refractivity contribution in [1.29, 1.82) is 0 Å². The molecule has 0 aliphatic carbocycles. The van der Waals surface area contributed by atoms with Crippen LogP contribution in [-0.4, -0.2) is 79.4 Å². The Balaban J connectivity index is 1.72. The molecule has 242 valence electrons. The van der Waals surface area contributed by atoms with Crippen LogP contribution in [0.2, 0.25) is 0 Å². The van der Waals surface area contributed by atoms with Gasteiger partial charge in [-0.1, -0.05) is 48.6 Å². The number of esters is 4. The van der Waals surface area contributed by atoms with E-state index in [9.17, 15) is 19.2 Å². The first kappa shape index (κ1) is 33.7. The average molecular weight is 624 g/mol. The number of rotatable bonds is 11. The number of hydrogen-bond acceptors (Lipinski definition) is 11. The van der Waals surface area contributed by atoms with Gasteiger partial charge >= 0.3 is 23.9 Å². The molecule has 1 saturated heterocycles. The van der Waals surface area contributed by atoms with Crippen molar-refractivity contribution in [3.63, 3.8) is 0 Å². The van der Waals surface area contributed by atoms with Crippen LogP contribution in [0.15, 0.2) is 48.5 Å². The lowest BCUT2D eigenvalue weighted by Crippen LogP contribution is -2.66. The molecule has 2 aromatic rings. The van der Waals surface area contributed by atoms with E-state index in [-0.39, 0.29) is 19.1 Å². The van der Waals surface area contributed by atoms with Crippen molar-refractivity contribution in [2.75, 3.05) is 24.7 Å². The van der Waals surface area contributed by atoms with E-state index >= 15 is 0 Å². The number of anilines is 1. The minimum Gasteiger partial charge on any atom is -0.463 e. The van der Waals surface area contributed by atoms with Crippen LogP contribution in [0.1, 0.15) is 62.3 Å². The molecule has 1 N–H and O–H groups in total. The second-order valence-corrected chi connectivity index (χ2v) is 11.3. The highest BCUT2D eigenvalue weighted by Crippen LogP contribution is 2.44. The average Bonchev–Trinajstić information content (AvgIpc) is 3.33. The van der Waals surface area contributed by atoms with E-state index in [2.05, 4.69) is 12.1 Å². The second-order valence-electron chi connectivity index (χ2n) is 11.3. The predicted molar refractivity (Wildman–Crippen MR) is 164 cm³/mol. The first-order chi connectivity index (χ1) is 21.5. The molecule has 2 aliphatic rings. The molecule has 0 bridgehead atoms. The molecular formula is C34H41NO10. The molecule has 1 unspecified atom stereocenters. The highest BCUT2D eigenvalue weighted by atomic mass is 16.7. The fraction of sp³-hybridized carbons (Fsp3) is 0.471. The molecule has 1 fully saturated rings. The van der Waals surface area contributed by atoms with Gasteiger partial charge in [-0.3, -0.25) is 19.2 Å². The largest absolute Gasteiger partial charge is 0.463 e. The zero-order valence-electron chi connectivity index (χ0n) is 26.3. The highest BCUT2D eigenvalue weighted by molar-refractivity contribution is 5.69. The van der Waals surface area contributed by atoms with Crippen molar-refractivity contribution in [2.45, 2.75) is 84.0 Å². The summed E-state index contributed by atoms with van der Waals surface area (Å²) < 4.78 is 28.7. The zero-order chi connectivity index (χ0) is 32.7. The maximum Gasteiger partial charge on any atom is 0.303 e. The van der Waals surface area contributed by atoms with Crippen molar-refractivity contribution < 1.29 is 48.0 Å². The third kappa shape index (κ3) is 8.49. The molecule has 0 amide bonds. The predicted octanol–water partition coefficient (Wildman–Crippen LogP) is 3.62. The number of aliphatic hydroxyl groups is 1. The summed E-state index contributed by atoms with van der Waals surface area (Å²) in [7, 11) is 0.